The van der Waals surface area contributed by atoms with Crippen molar-refractivity contribution < 1.29 is 9.90 Å². The average Bonchev–Trinajstić information content (AvgIpc) is 2.89. The van der Waals surface area contributed by atoms with E-state index in [1.165, 1.54) is 17.8 Å². The number of carboxylic acids is 1. The van der Waals surface area contributed by atoms with Gasteiger partial charge in [0.05, 0.1) is 11.6 Å². The highest BCUT2D eigenvalue weighted by atomic mass is 16.4. The Morgan fingerprint density at radius 1 is 1.41 bits per heavy atom. The maximum Gasteiger partial charge on any atom is 0.368 e. The number of tetrazole rings is 1. The van der Waals surface area contributed by atoms with E-state index in [9.17, 15) is 9.59 Å². The molecule has 17 heavy (non-hydrogen) atoms. The zero-order valence-electron chi connectivity index (χ0n) is 9.54. The Morgan fingerprint density at radius 2 is 2.06 bits per heavy atom. The second-order valence-corrected chi connectivity index (χ2v) is 4.21. The zero-order chi connectivity index (χ0) is 12.4. The lowest BCUT2D eigenvalue weighted by atomic mass is 10.3. The lowest BCUT2D eigenvalue weighted by Crippen LogP contribution is -2.25. The molecule has 1 N–H and O–H groups in total. The minimum Gasteiger partial charge on any atom is -0.478 e. The predicted octanol–water partition coefficient (Wildman–Crippen LogP) is 0.500. The third kappa shape index (κ3) is 2.27. The van der Waals surface area contributed by atoms with Crippen LogP contribution in [-0.4, -0.2) is 30.9 Å². The lowest BCUT2D eigenvalue weighted by Gasteiger charge is -2.04. The topological polar surface area (TPSA) is 90.0 Å². The molecule has 92 valence electrons. The lowest BCUT2D eigenvalue weighted by molar-refractivity contribution is -0.132. The quantitative estimate of drug-likeness (QED) is 0.774. The van der Waals surface area contributed by atoms with Crippen molar-refractivity contribution in [2.75, 3.05) is 0 Å². The summed E-state index contributed by atoms with van der Waals surface area (Å²) < 4.78 is 2.32. The molecule has 1 fully saturated rings. The van der Waals surface area contributed by atoms with Crippen LogP contribution in [0.4, 0.5) is 0 Å². The molecule has 1 heterocycles. The van der Waals surface area contributed by atoms with Crippen molar-refractivity contribution in [3.05, 3.63) is 16.1 Å². The number of carboxylic acid groups (broad SMARTS) is 1. The highest BCUT2D eigenvalue weighted by Crippen LogP contribution is 2.27. The van der Waals surface area contributed by atoms with E-state index < -0.39 is 5.97 Å². The van der Waals surface area contributed by atoms with Crippen LogP contribution in [-0.2, 0) is 4.79 Å². The Hall–Kier alpha value is -1.92. The molecule has 0 unspecified atom stereocenters. The van der Waals surface area contributed by atoms with Crippen molar-refractivity contribution in [1.29, 1.82) is 0 Å². The Labute approximate surface area is 97.3 Å². The summed E-state index contributed by atoms with van der Waals surface area (Å²) in [6.07, 6.45) is 5.23. The van der Waals surface area contributed by atoms with Crippen molar-refractivity contribution in [2.45, 2.75) is 38.6 Å². The number of hydrogen-bond donors (Lipinski definition) is 1. The Bertz CT molecular complexity index is 508. The maximum absolute atomic E-state index is 11.9. The molecule has 0 spiro atoms. The molecule has 1 aliphatic rings. The van der Waals surface area contributed by atoms with Gasteiger partial charge in [0.1, 0.15) is 0 Å². The number of carbonyl (C=O) groups is 1. The van der Waals surface area contributed by atoms with E-state index in [2.05, 4.69) is 10.4 Å². The van der Waals surface area contributed by atoms with Crippen LogP contribution < -0.4 is 5.69 Å². The number of aromatic nitrogens is 4. The van der Waals surface area contributed by atoms with Gasteiger partial charge in [0.15, 0.2) is 0 Å². The van der Waals surface area contributed by atoms with Crippen LogP contribution in [0.5, 0.6) is 0 Å². The molecule has 1 aromatic heterocycles. The molecular formula is C10H14N4O3. The summed E-state index contributed by atoms with van der Waals surface area (Å²) in [5.74, 6) is -1.08. The van der Waals surface area contributed by atoms with Gasteiger partial charge in [0, 0.05) is 6.20 Å². The molecule has 0 radical (unpaired) electrons. The van der Waals surface area contributed by atoms with E-state index in [1.807, 2.05) is 0 Å². The normalized spacial score (nSPS) is 17.6. The molecule has 0 saturated heterocycles. The first-order valence-electron chi connectivity index (χ1n) is 5.55. The molecular weight excluding hydrogens is 224 g/mol. The van der Waals surface area contributed by atoms with Crippen LogP contribution in [0.3, 0.4) is 0 Å². The van der Waals surface area contributed by atoms with Gasteiger partial charge in [-0.3, -0.25) is 0 Å². The highest BCUT2D eigenvalue weighted by molar-refractivity contribution is 5.89. The summed E-state index contributed by atoms with van der Waals surface area (Å²) in [6.45, 7) is 1.41. The summed E-state index contributed by atoms with van der Waals surface area (Å²) in [5.41, 5.74) is -0.330. The Morgan fingerprint density at radius 3 is 2.65 bits per heavy atom. The second-order valence-electron chi connectivity index (χ2n) is 4.21. The fourth-order valence-corrected chi connectivity index (χ4v) is 1.97. The van der Waals surface area contributed by atoms with Gasteiger partial charge in [0.25, 0.3) is 0 Å². The van der Waals surface area contributed by atoms with Crippen molar-refractivity contribution in [3.8, 4) is 0 Å². The van der Waals surface area contributed by atoms with Gasteiger partial charge in [-0.15, -0.1) is 0 Å². The molecule has 0 aromatic carbocycles. The molecule has 0 bridgehead atoms. The van der Waals surface area contributed by atoms with Gasteiger partial charge in [-0.1, -0.05) is 12.8 Å². The number of rotatable bonds is 3. The molecule has 0 amide bonds. The third-order valence-electron chi connectivity index (χ3n) is 2.95. The highest BCUT2D eigenvalue weighted by Gasteiger charge is 2.21. The molecule has 7 nitrogen and oxygen atoms in total. The van der Waals surface area contributed by atoms with Gasteiger partial charge >= 0.3 is 11.7 Å². The first kappa shape index (κ1) is 11.6. The second kappa shape index (κ2) is 4.52. The first-order chi connectivity index (χ1) is 8.09. The van der Waals surface area contributed by atoms with Gasteiger partial charge in [-0.25, -0.2) is 9.59 Å². The molecule has 0 aliphatic heterocycles. The Balaban J connectivity index is 2.29. The molecule has 7 heteroatoms. The minimum atomic E-state index is -1.08. The van der Waals surface area contributed by atoms with E-state index in [4.69, 9.17) is 5.11 Å². The molecule has 1 aliphatic carbocycles. The van der Waals surface area contributed by atoms with E-state index in [0.717, 1.165) is 30.4 Å². The minimum absolute atomic E-state index is 0.0468. The average molecular weight is 238 g/mol. The van der Waals surface area contributed by atoms with Crippen LogP contribution in [0, 0.1) is 0 Å². The Kier molecular flexibility index (Phi) is 3.08. The monoisotopic (exact) mass is 238 g/mol. The van der Waals surface area contributed by atoms with E-state index >= 15 is 0 Å². The van der Waals surface area contributed by atoms with E-state index in [0.29, 0.717) is 0 Å². The summed E-state index contributed by atoms with van der Waals surface area (Å²) in [6, 6.07) is 0.106. The first-order valence-corrected chi connectivity index (χ1v) is 5.55. The van der Waals surface area contributed by atoms with Crippen molar-refractivity contribution >= 4 is 12.2 Å². The number of aliphatic carboxylic acids is 1. The van der Waals surface area contributed by atoms with E-state index in [1.54, 1.807) is 0 Å². The fraction of sp³-hybridized carbons (Fsp3) is 0.600. The smallest absolute Gasteiger partial charge is 0.368 e. The largest absolute Gasteiger partial charge is 0.478 e. The van der Waals surface area contributed by atoms with Crippen LogP contribution >= 0.6 is 0 Å². The maximum atomic E-state index is 11.9. The standard InChI is InChI=1S/C10H14N4O3/c1-7(9(15)16)6-13-10(17)14(12-11-13)8-4-2-3-5-8/h6,8H,2-5H2,1H3,(H,15,16). The summed E-state index contributed by atoms with van der Waals surface area (Å²) >= 11 is 0. The van der Waals surface area contributed by atoms with Crippen LogP contribution in [0.1, 0.15) is 38.6 Å². The van der Waals surface area contributed by atoms with E-state index in [-0.39, 0.29) is 17.3 Å². The summed E-state index contributed by atoms with van der Waals surface area (Å²) in [7, 11) is 0. The van der Waals surface area contributed by atoms with Crippen molar-refractivity contribution in [2.24, 2.45) is 0 Å². The predicted molar refractivity (Wildman–Crippen MR) is 59.4 cm³/mol. The van der Waals surface area contributed by atoms with Crippen LogP contribution in [0.2, 0.25) is 0 Å². The van der Waals surface area contributed by atoms with Crippen molar-refractivity contribution in [1.82, 2.24) is 19.8 Å². The fourth-order valence-electron chi connectivity index (χ4n) is 1.97. The molecule has 1 aromatic rings. The summed E-state index contributed by atoms with van der Waals surface area (Å²) in [4.78, 5) is 22.5. The molecule has 0 atom stereocenters. The van der Waals surface area contributed by atoms with Gasteiger partial charge in [-0.2, -0.15) is 9.36 Å². The molecule has 2 rings (SSSR count). The SMILES string of the molecule is CC(=Cn1nnn(C2CCCC2)c1=O)C(=O)O. The summed E-state index contributed by atoms with van der Waals surface area (Å²) in [5, 5.41) is 16.2. The zero-order valence-corrected chi connectivity index (χ0v) is 9.54. The van der Waals surface area contributed by atoms with Gasteiger partial charge in [-0.05, 0) is 30.2 Å². The number of hydrogen-bond acceptors (Lipinski definition) is 4. The number of nitrogens with zero attached hydrogens (tertiary/aromatic N) is 4. The third-order valence-corrected chi connectivity index (χ3v) is 2.95. The van der Waals surface area contributed by atoms with Gasteiger partial charge < -0.3 is 5.11 Å². The van der Waals surface area contributed by atoms with Crippen LogP contribution in [0.25, 0.3) is 6.20 Å². The molecule has 1 saturated carbocycles. The van der Waals surface area contributed by atoms with Gasteiger partial charge in [0.2, 0.25) is 0 Å². The van der Waals surface area contributed by atoms with Crippen molar-refractivity contribution in [3.63, 3.8) is 0 Å². The van der Waals surface area contributed by atoms with Crippen LogP contribution in [0.15, 0.2) is 10.4 Å².